The van der Waals surface area contributed by atoms with E-state index < -0.39 is 55.9 Å². The SMILES string of the molecule is COc1ccccc1CO/N=C/[C@]1(O)CC2CC[C@@H](C1)C2S(=O)(=O)c1cc(C(=O)Nc2cc(F)c(F)c(F)c2)ccc1Cl. The number of hydrogen-bond acceptors (Lipinski definition) is 7. The van der Waals surface area contributed by atoms with Crippen LogP contribution in [-0.2, 0) is 21.3 Å². The summed E-state index contributed by atoms with van der Waals surface area (Å²) in [6.07, 6.45) is 2.71. The zero-order valence-corrected chi connectivity index (χ0v) is 24.5. The average Bonchev–Trinajstić information content (AvgIpc) is 3.27. The van der Waals surface area contributed by atoms with Crippen LogP contribution in [0.1, 0.15) is 41.6 Å². The zero-order valence-electron chi connectivity index (χ0n) is 22.9. The van der Waals surface area contributed by atoms with E-state index in [-0.39, 0.29) is 40.6 Å². The number of sulfone groups is 1. The van der Waals surface area contributed by atoms with Gasteiger partial charge >= 0.3 is 0 Å². The monoisotopic (exact) mass is 636 g/mol. The molecule has 0 radical (unpaired) electrons. The van der Waals surface area contributed by atoms with Gasteiger partial charge in [-0.3, -0.25) is 4.79 Å². The minimum atomic E-state index is -4.08. The molecule has 0 saturated heterocycles. The van der Waals surface area contributed by atoms with Crippen molar-refractivity contribution in [1.82, 2.24) is 0 Å². The number of nitrogens with zero attached hydrogens (tertiary/aromatic N) is 1. The molecule has 8 nitrogen and oxygen atoms in total. The van der Waals surface area contributed by atoms with Crippen molar-refractivity contribution in [1.29, 1.82) is 0 Å². The number of rotatable bonds is 9. The van der Waals surface area contributed by atoms with Crippen molar-refractivity contribution in [3.8, 4) is 5.75 Å². The van der Waals surface area contributed by atoms with Crippen molar-refractivity contribution in [2.75, 3.05) is 12.4 Å². The van der Waals surface area contributed by atoms with E-state index in [2.05, 4.69) is 10.5 Å². The van der Waals surface area contributed by atoms with E-state index in [1.54, 1.807) is 13.2 Å². The minimum absolute atomic E-state index is 0.0954. The van der Waals surface area contributed by atoms with Crippen molar-refractivity contribution in [3.63, 3.8) is 0 Å². The highest BCUT2D eigenvalue weighted by molar-refractivity contribution is 7.92. The number of benzene rings is 3. The number of amides is 1. The molecule has 13 heteroatoms. The van der Waals surface area contributed by atoms with Crippen molar-refractivity contribution in [3.05, 3.63) is 88.2 Å². The lowest BCUT2D eigenvalue weighted by Crippen LogP contribution is -2.47. The Morgan fingerprint density at radius 3 is 2.40 bits per heavy atom. The number of ether oxygens (including phenoxy) is 1. The molecule has 43 heavy (non-hydrogen) atoms. The average molecular weight is 637 g/mol. The minimum Gasteiger partial charge on any atom is -0.496 e. The number of oxime groups is 1. The van der Waals surface area contributed by atoms with E-state index in [1.807, 2.05) is 18.2 Å². The number of anilines is 1. The van der Waals surface area contributed by atoms with Crippen LogP contribution in [0.25, 0.3) is 0 Å². The number of methoxy groups -OCH3 is 1. The summed E-state index contributed by atoms with van der Waals surface area (Å²) in [4.78, 5) is 17.9. The summed E-state index contributed by atoms with van der Waals surface area (Å²) < 4.78 is 73.6. The summed E-state index contributed by atoms with van der Waals surface area (Å²) in [7, 11) is -2.53. The molecule has 2 fully saturated rings. The van der Waals surface area contributed by atoms with E-state index in [4.69, 9.17) is 21.2 Å². The fourth-order valence-corrected chi connectivity index (χ4v) is 8.93. The number of carbonyl (C=O) groups excluding carboxylic acids is 1. The third-order valence-corrected chi connectivity index (χ3v) is 10.8. The van der Waals surface area contributed by atoms with Gasteiger partial charge in [-0.1, -0.05) is 35.0 Å². The second-order valence-corrected chi connectivity index (χ2v) is 13.3. The zero-order chi connectivity index (χ0) is 30.9. The number of halogens is 4. The Morgan fingerprint density at radius 1 is 1.09 bits per heavy atom. The molecule has 2 aliphatic carbocycles. The number of hydrogen-bond donors (Lipinski definition) is 2. The molecule has 2 N–H and O–H groups in total. The number of carbonyl (C=O) groups is 1. The molecule has 0 aromatic heterocycles. The largest absolute Gasteiger partial charge is 0.496 e. The summed E-state index contributed by atoms with van der Waals surface area (Å²) >= 11 is 6.30. The summed E-state index contributed by atoms with van der Waals surface area (Å²) in [5.41, 5.74) is -1.08. The summed E-state index contributed by atoms with van der Waals surface area (Å²) in [6, 6.07) is 12.1. The van der Waals surface area contributed by atoms with Gasteiger partial charge in [0.2, 0.25) is 0 Å². The first-order valence-electron chi connectivity index (χ1n) is 13.4. The van der Waals surface area contributed by atoms with Crippen molar-refractivity contribution >= 4 is 39.2 Å². The Bertz CT molecular complexity index is 1650. The fraction of sp³-hybridized carbons (Fsp3) is 0.333. The van der Waals surface area contributed by atoms with E-state index in [0.29, 0.717) is 30.7 Å². The highest BCUT2D eigenvalue weighted by Gasteiger charge is 2.54. The van der Waals surface area contributed by atoms with Gasteiger partial charge in [-0.05, 0) is 61.8 Å². The molecule has 2 bridgehead atoms. The lowest BCUT2D eigenvalue weighted by atomic mass is 9.78. The molecule has 0 heterocycles. The van der Waals surface area contributed by atoms with Crippen LogP contribution in [0.15, 0.2) is 64.6 Å². The molecule has 2 aliphatic rings. The Hall–Kier alpha value is -3.61. The van der Waals surface area contributed by atoms with Crippen LogP contribution in [0.5, 0.6) is 5.75 Å². The Labute approximate surface area is 251 Å². The third-order valence-electron chi connectivity index (χ3n) is 7.95. The van der Waals surface area contributed by atoms with Gasteiger partial charge in [0.05, 0.1) is 28.5 Å². The molecule has 2 saturated carbocycles. The first kappa shape index (κ1) is 30.8. The Morgan fingerprint density at radius 2 is 1.74 bits per heavy atom. The van der Waals surface area contributed by atoms with Gasteiger partial charge < -0.3 is 20.0 Å². The molecule has 4 atom stereocenters. The van der Waals surface area contributed by atoms with Gasteiger partial charge in [0.1, 0.15) is 18.0 Å². The highest BCUT2D eigenvalue weighted by atomic mass is 35.5. The molecule has 228 valence electrons. The standard InChI is InChI=1S/C30H28ClF3N2O6S/c1-41-25-5-3-2-4-20(25)15-42-35-16-30(38)13-18-6-7-19(14-30)28(18)43(39,40)26-10-17(8-9-22(26)31)29(37)36-21-11-23(32)27(34)24(33)12-21/h2-5,8-12,16,18-19,28,38H,6-7,13-15H2,1H3,(H,36,37)/b35-16+/t18-,19?,28?,30+/m0/s1. The number of aliphatic hydroxyl groups is 1. The van der Waals surface area contributed by atoms with Gasteiger partial charge in [0, 0.05) is 28.9 Å². The Balaban J connectivity index is 1.30. The van der Waals surface area contributed by atoms with Gasteiger partial charge in [0.25, 0.3) is 5.91 Å². The maximum absolute atomic E-state index is 13.9. The van der Waals surface area contributed by atoms with E-state index in [0.717, 1.165) is 11.6 Å². The maximum atomic E-state index is 13.9. The summed E-state index contributed by atoms with van der Waals surface area (Å²) in [6.45, 7) is 0.119. The van der Waals surface area contributed by atoms with Crippen LogP contribution in [0.3, 0.4) is 0 Å². The Kier molecular flexibility index (Phi) is 8.73. The van der Waals surface area contributed by atoms with Crippen LogP contribution in [-0.4, -0.2) is 43.6 Å². The summed E-state index contributed by atoms with van der Waals surface area (Å²) in [5, 5.41) is 16.5. The molecule has 2 unspecified atom stereocenters. The normalized spacial score (nSPS) is 23.3. The molecule has 3 aromatic rings. The van der Waals surface area contributed by atoms with Crippen molar-refractivity contribution in [2.45, 2.75) is 48.0 Å². The smallest absolute Gasteiger partial charge is 0.255 e. The lowest BCUT2D eigenvalue weighted by Gasteiger charge is -2.38. The molecule has 0 aliphatic heterocycles. The fourth-order valence-electron chi connectivity index (χ4n) is 6.09. The van der Waals surface area contributed by atoms with E-state index in [9.17, 15) is 31.5 Å². The van der Waals surface area contributed by atoms with Crippen LogP contribution < -0.4 is 10.1 Å². The topological polar surface area (TPSA) is 114 Å². The van der Waals surface area contributed by atoms with Crippen molar-refractivity contribution in [2.24, 2.45) is 17.0 Å². The van der Waals surface area contributed by atoms with Crippen LogP contribution in [0, 0.1) is 29.3 Å². The summed E-state index contributed by atoms with van der Waals surface area (Å²) in [5.74, 6) is -5.71. The predicted molar refractivity (Wildman–Crippen MR) is 153 cm³/mol. The molecular weight excluding hydrogens is 609 g/mol. The van der Waals surface area contributed by atoms with Crippen molar-refractivity contribution < 1.29 is 41.1 Å². The lowest BCUT2D eigenvalue weighted by molar-refractivity contribution is 0.0410. The third kappa shape index (κ3) is 6.36. The van der Waals surface area contributed by atoms with Crippen LogP contribution in [0.4, 0.5) is 18.9 Å². The van der Waals surface area contributed by atoms with Gasteiger partial charge in [-0.25, -0.2) is 21.6 Å². The van der Waals surface area contributed by atoms with E-state index >= 15 is 0 Å². The number of nitrogens with one attached hydrogen (secondary N) is 1. The molecule has 3 aromatic carbocycles. The molecule has 1 amide bonds. The second-order valence-electron chi connectivity index (χ2n) is 10.8. The first-order chi connectivity index (χ1) is 20.4. The van der Waals surface area contributed by atoms with E-state index in [1.165, 1.54) is 18.3 Å². The quantitative estimate of drug-likeness (QED) is 0.171. The highest BCUT2D eigenvalue weighted by Crippen LogP contribution is 2.51. The molecule has 0 spiro atoms. The van der Waals surface area contributed by atoms with Gasteiger partial charge in [-0.2, -0.15) is 0 Å². The van der Waals surface area contributed by atoms with Gasteiger partial charge in [-0.15, -0.1) is 0 Å². The number of fused-ring (bicyclic) bond motifs is 2. The molecular formula is C30H28ClF3N2O6S. The van der Waals surface area contributed by atoms with Crippen LogP contribution in [0.2, 0.25) is 5.02 Å². The number of para-hydroxylation sites is 1. The first-order valence-corrected chi connectivity index (χ1v) is 15.3. The van der Waals surface area contributed by atoms with Gasteiger partial charge in [0.15, 0.2) is 27.3 Å². The predicted octanol–water partition coefficient (Wildman–Crippen LogP) is 5.91. The van der Waals surface area contributed by atoms with Crippen LogP contribution >= 0.6 is 11.6 Å². The second kappa shape index (κ2) is 12.2. The molecule has 5 rings (SSSR count). The maximum Gasteiger partial charge on any atom is 0.255 e.